The minimum atomic E-state index is -4.00. The Hall–Kier alpha value is -3.31. The Morgan fingerprint density at radius 2 is 1.84 bits per heavy atom. The average molecular weight is 548 g/mol. The minimum Gasteiger partial charge on any atom is -0.619 e. The molecule has 0 bridgehead atoms. The number of hydrogen-bond donors (Lipinski definition) is 2. The molecule has 10 nitrogen and oxygen atoms in total. The molecular formula is C27H37N3O7S. The molecule has 0 aliphatic rings. The molecule has 1 unspecified atom stereocenters. The third kappa shape index (κ3) is 10.6. The summed E-state index contributed by atoms with van der Waals surface area (Å²) in [5.74, 6) is -4.30. The highest BCUT2D eigenvalue weighted by atomic mass is 32.2. The van der Waals surface area contributed by atoms with Crippen molar-refractivity contribution in [3.63, 3.8) is 0 Å². The number of carbonyl (C=O) groups is 3. The van der Waals surface area contributed by atoms with E-state index in [9.17, 15) is 28.0 Å². The summed E-state index contributed by atoms with van der Waals surface area (Å²) in [6.07, 6.45) is 1.66. The Kier molecular flexibility index (Phi) is 11.9. The van der Waals surface area contributed by atoms with E-state index in [2.05, 4.69) is 5.32 Å². The minimum absolute atomic E-state index is 0.0356. The molecule has 1 atom stereocenters. The summed E-state index contributed by atoms with van der Waals surface area (Å²) in [5, 5.41) is 14.5. The number of nitrogens with two attached hydrogens (primary N) is 1. The lowest BCUT2D eigenvalue weighted by atomic mass is 9.99. The molecule has 3 N–H and O–H groups in total. The zero-order valence-corrected chi connectivity index (χ0v) is 23.0. The van der Waals surface area contributed by atoms with Gasteiger partial charge >= 0.3 is 5.97 Å². The normalized spacial score (nSPS) is 12.2. The first-order valence-electron chi connectivity index (χ1n) is 12.5. The van der Waals surface area contributed by atoms with Crippen molar-refractivity contribution >= 4 is 27.5 Å². The van der Waals surface area contributed by atoms with Crippen molar-refractivity contribution in [2.75, 3.05) is 18.1 Å². The largest absolute Gasteiger partial charge is 0.619 e. The molecule has 38 heavy (non-hydrogen) atoms. The van der Waals surface area contributed by atoms with E-state index in [-0.39, 0.29) is 31.6 Å². The maximum absolute atomic E-state index is 13.0. The molecule has 208 valence electrons. The standard InChI is InChI=1S/C27H37N3O7S/c1-19(2)37-26(32)18-38(35,36)17-23(9-11-24-6-4-5-13-30(24)34)27(33)29-16-25(31)12-10-21-14-20(3)7-8-22(21)15-28/h4-8,13-14,19,23H,9-12,15-18,28H2,1-3H3,(H,29,33). The predicted octanol–water partition coefficient (Wildman–Crippen LogP) is 1.32. The molecule has 1 heterocycles. The van der Waals surface area contributed by atoms with Crippen LogP contribution in [0.3, 0.4) is 0 Å². The zero-order chi connectivity index (χ0) is 28.3. The molecule has 1 aromatic heterocycles. The van der Waals surface area contributed by atoms with E-state index in [0.717, 1.165) is 16.7 Å². The molecule has 0 aliphatic heterocycles. The molecule has 11 heteroatoms. The highest BCUT2D eigenvalue weighted by Crippen LogP contribution is 2.15. The fraction of sp³-hybridized carbons (Fsp3) is 0.481. The summed E-state index contributed by atoms with van der Waals surface area (Å²) in [7, 11) is -4.00. The summed E-state index contributed by atoms with van der Waals surface area (Å²) >= 11 is 0. The third-order valence-corrected chi connectivity index (χ3v) is 7.48. The lowest BCUT2D eigenvalue weighted by Crippen LogP contribution is -2.39. The first-order valence-corrected chi connectivity index (χ1v) is 14.4. The van der Waals surface area contributed by atoms with Crippen LogP contribution in [0.4, 0.5) is 0 Å². The van der Waals surface area contributed by atoms with Gasteiger partial charge in [-0.1, -0.05) is 29.8 Å². The van der Waals surface area contributed by atoms with Gasteiger partial charge in [-0.3, -0.25) is 14.4 Å². The van der Waals surface area contributed by atoms with E-state index in [1.165, 1.54) is 6.20 Å². The molecule has 1 aromatic carbocycles. The number of nitrogens with one attached hydrogen (secondary N) is 1. The number of ketones is 1. The number of Topliss-reactive ketones (excluding diaryl/α,β-unsaturated/α-hetero) is 1. The maximum Gasteiger partial charge on any atom is 0.321 e. The highest BCUT2D eigenvalue weighted by molar-refractivity contribution is 7.92. The van der Waals surface area contributed by atoms with Gasteiger partial charge in [-0.25, -0.2) is 8.42 Å². The zero-order valence-electron chi connectivity index (χ0n) is 22.1. The molecule has 0 saturated heterocycles. The topological polar surface area (TPSA) is 160 Å². The molecule has 0 saturated carbocycles. The molecule has 0 aliphatic carbocycles. The van der Waals surface area contributed by atoms with Gasteiger partial charge in [-0.05, 0) is 44.7 Å². The fourth-order valence-electron chi connectivity index (χ4n) is 3.99. The number of nitrogens with zero attached hydrogens (tertiary/aromatic N) is 1. The van der Waals surface area contributed by atoms with Crippen molar-refractivity contribution < 1.29 is 32.3 Å². The molecule has 2 rings (SSSR count). The van der Waals surface area contributed by atoms with E-state index in [0.29, 0.717) is 23.4 Å². The smallest absolute Gasteiger partial charge is 0.321 e. The molecule has 0 spiro atoms. The van der Waals surface area contributed by atoms with E-state index < -0.39 is 45.2 Å². The van der Waals surface area contributed by atoms with Crippen LogP contribution in [0.15, 0.2) is 42.6 Å². The Morgan fingerprint density at radius 3 is 2.50 bits per heavy atom. The van der Waals surface area contributed by atoms with Crippen LogP contribution >= 0.6 is 0 Å². The van der Waals surface area contributed by atoms with E-state index in [1.54, 1.807) is 32.0 Å². The van der Waals surface area contributed by atoms with Crippen molar-refractivity contribution in [3.8, 4) is 0 Å². The highest BCUT2D eigenvalue weighted by Gasteiger charge is 2.29. The number of carbonyl (C=O) groups excluding carboxylic acids is 3. The van der Waals surface area contributed by atoms with Crippen LogP contribution in [-0.4, -0.2) is 50.2 Å². The lowest BCUT2D eigenvalue weighted by molar-refractivity contribution is -0.614. The van der Waals surface area contributed by atoms with Crippen molar-refractivity contribution in [2.24, 2.45) is 11.7 Å². The van der Waals surface area contributed by atoms with E-state index >= 15 is 0 Å². The summed E-state index contributed by atoms with van der Waals surface area (Å²) in [6, 6.07) is 10.7. The number of aryl methyl sites for hydroxylation is 3. The number of ether oxygens (including phenoxy) is 1. The summed E-state index contributed by atoms with van der Waals surface area (Å²) in [4.78, 5) is 37.4. The molecule has 0 fully saturated rings. The predicted molar refractivity (Wildman–Crippen MR) is 143 cm³/mol. The number of benzene rings is 1. The van der Waals surface area contributed by atoms with Crippen LogP contribution < -0.4 is 15.8 Å². The lowest BCUT2D eigenvalue weighted by Gasteiger charge is -2.17. The van der Waals surface area contributed by atoms with Crippen molar-refractivity contribution in [1.29, 1.82) is 0 Å². The van der Waals surface area contributed by atoms with Gasteiger partial charge in [0, 0.05) is 31.5 Å². The quantitative estimate of drug-likeness (QED) is 0.192. The summed E-state index contributed by atoms with van der Waals surface area (Å²) in [6.45, 7) is 5.25. The van der Waals surface area contributed by atoms with E-state index in [1.807, 2.05) is 25.1 Å². The first kappa shape index (κ1) is 30.9. The van der Waals surface area contributed by atoms with Crippen LogP contribution in [0, 0.1) is 18.0 Å². The van der Waals surface area contributed by atoms with Crippen LogP contribution in [0.1, 0.15) is 49.1 Å². The molecule has 2 aromatic rings. The second-order valence-corrected chi connectivity index (χ2v) is 11.7. The van der Waals surface area contributed by atoms with Crippen LogP contribution in [0.5, 0.6) is 0 Å². The van der Waals surface area contributed by atoms with Crippen LogP contribution in [0.2, 0.25) is 0 Å². The first-order chi connectivity index (χ1) is 17.9. The monoisotopic (exact) mass is 547 g/mol. The second-order valence-electron chi connectivity index (χ2n) is 9.58. The van der Waals surface area contributed by atoms with Gasteiger partial charge in [0.2, 0.25) is 5.91 Å². The fourth-order valence-corrected chi connectivity index (χ4v) is 5.47. The Bertz CT molecular complexity index is 1230. The number of pyridine rings is 1. The van der Waals surface area contributed by atoms with Gasteiger partial charge in [-0.15, -0.1) is 0 Å². The number of rotatable bonds is 15. The van der Waals surface area contributed by atoms with Gasteiger partial charge in [-0.2, -0.15) is 4.73 Å². The van der Waals surface area contributed by atoms with Crippen molar-refractivity contribution in [3.05, 3.63) is 70.2 Å². The third-order valence-electron chi connectivity index (χ3n) is 5.90. The van der Waals surface area contributed by atoms with Gasteiger partial charge in [0.25, 0.3) is 0 Å². The summed E-state index contributed by atoms with van der Waals surface area (Å²) in [5.41, 5.74) is 9.12. The summed E-state index contributed by atoms with van der Waals surface area (Å²) < 4.78 is 30.9. The number of amides is 1. The number of sulfone groups is 1. The SMILES string of the molecule is Cc1ccc(CN)c(CCC(=O)CNC(=O)C(CCc2cccc[n+]2[O-])CS(=O)(=O)CC(=O)OC(C)C)c1. The average Bonchev–Trinajstić information content (AvgIpc) is 2.83. The molecule has 0 radical (unpaired) electrons. The van der Waals surface area contributed by atoms with E-state index in [4.69, 9.17) is 10.5 Å². The molecular weight excluding hydrogens is 510 g/mol. The van der Waals surface area contributed by atoms with Gasteiger partial charge < -0.3 is 21.0 Å². The van der Waals surface area contributed by atoms with Crippen molar-refractivity contribution in [2.45, 2.75) is 59.1 Å². The number of hydrogen-bond acceptors (Lipinski definition) is 8. The maximum atomic E-state index is 13.0. The molecule has 1 amide bonds. The Labute approximate surface area is 224 Å². The number of aromatic nitrogens is 1. The van der Waals surface area contributed by atoms with Gasteiger partial charge in [0.05, 0.1) is 24.3 Å². The Balaban J connectivity index is 2.04. The van der Waals surface area contributed by atoms with Crippen LogP contribution in [-0.2, 0) is 48.3 Å². The van der Waals surface area contributed by atoms with Gasteiger partial charge in [0.1, 0.15) is 5.75 Å². The Morgan fingerprint density at radius 1 is 1.11 bits per heavy atom. The van der Waals surface area contributed by atoms with Crippen LogP contribution in [0.25, 0.3) is 0 Å². The number of esters is 1. The van der Waals surface area contributed by atoms with Gasteiger partial charge in [0.15, 0.2) is 27.5 Å². The van der Waals surface area contributed by atoms with Crippen molar-refractivity contribution in [1.82, 2.24) is 5.32 Å². The second kappa shape index (κ2) is 14.6.